The average molecular weight is 579 g/mol. The number of nitrogens with two attached hydrogens (primary N) is 1. The number of carbonyl (C=O) groups is 3. The van der Waals surface area contributed by atoms with E-state index in [0.717, 1.165) is 12.8 Å². The first-order valence-electron chi connectivity index (χ1n) is 13.3. The van der Waals surface area contributed by atoms with E-state index in [1.165, 1.54) is 4.90 Å². The van der Waals surface area contributed by atoms with E-state index in [-0.39, 0.29) is 5.92 Å². The van der Waals surface area contributed by atoms with Crippen LogP contribution in [-0.4, -0.2) is 48.2 Å². The number of amides is 3. The molecule has 2 aromatic rings. The lowest BCUT2D eigenvalue weighted by molar-refractivity contribution is -0.148. The molecule has 3 amide bonds. The minimum atomic E-state index is -4.73. The molecule has 7 nitrogen and oxygen atoms in total. The predicted molar refractivity (Wildman–Crippen MR) is 142 cm³/mol. The van der Waals surface area contributed by atoms with Gasteiger partial charge in [-0.3, -0.25) is 14.4 Å². The monoisotopic (exact) mass is 578 g/mol. The van der Waals surface area contributed by atoms with E-state index >= 15 is 0 Å². The molecule has 1 aliphatic heterocycles. The molecule has 220 valence electrons. The number of hydrogen-bond donors (Lipinski definition) is 2. The van der Waals surface area contributed by atoms with Crippen LogP contribution in [0.1, 0.15) is 50.2 Å². The van der Waals surface area contributed by atoms with Crippen molar-refractivity contribution in [2.45, 2.75) is 57.3 Å². The fourth-order valence-corrected chi connectivity index (χ4v) is 5.00. The van der Waals surface area contributed by atoms with Crippen LogP contribution in [0, 0.1) is 17.8 Å². The number of aliphatic imine (C=N–C) groups is 1. The molecular weight excluding hydrogens is 547 g/mol. The van der Waals surface area contributed by atoms with Crippen LogP contribution in [0.4, 0.5) is 27.6 Å². The summed E-state index contributed by atoms with van der Waals surface area (Å²) < 4.78 is 67.3. The Morgan fingerprint density at radius 2 is 1.66 bits per heavy atom. The molecule has 2 aromatic carbocycles. The maximum absolute atomic E-state index is 13.9. The molecule has 1 saturated carbocycles. The minimum Gasteiger partial charge on any atom is -0.369 e. The first kappa shape index (κ1) is 30.1. The third kappa shape index (κ3) is 7.89. The van der Waals surface area contributed by atoms with E-state index in [1.54, 1.807) is 54.6 Å². The number of benzodiazepines with no additional fused rings is 1. The number of nitrogens with zero attached hydrogens (tertiary/aromatic N) is 2. The number of hydrogen-bond acceptors (Lipinski definition) is 4. The van der Waals surface area contributed by atoms with Crippen LogP contribution in [0.3, 0.4) is 0 Å². The van der Waals surface area contributed by atoms with Gasteiger partial charge in [-0.15, -0.1) is 0 Å². The van der Waals surface area contributed by atoms with Crippen LogP contribution < -0.4 is 16.0 Å². The Hall–Kier alpha value is -3.83. The summed E-state index contributed by atoms with van der Waals surface area (Å²) in [7, 11) is 0. The second-order valence-electron chi connectivity index (χ2n) is 10.7. The summed E-state index contributed by atoms with van der Waals surface area (Å²) in [5, 5.41) is 2.39. The van der Waals surface area contributed by atoms with Crippen molar-refractivity contribution in [3.63, 3.8) is 0 Å². The van der Waals surface area contributed by atoms with Gasteiger partial charge in [-0.25, -0.2) is 13.8 Å². The number of halogens is 5. The van der Waals surface area contributed by atoms with E-state index in [2.05, 4.69) is 10.3 Å². The van der Waals surface area contributed by atoms with Crippen LogP contribution in [0.25, 0.3) is 0 Å². The summed E-state index contributed by atoms with van der Waals surface area (Å²) in [5.74, 6) is -10.2. The van der Waals surface area contributed by atoms with Gasteiger partial charge in [-0.05, 0) is 38.2 Å². The number of rotatable bonds is 11. The van der Waals surface area contributed by atoms with Crippen molar-refractivity contribution < 1.29 is 36.3 Å². The summed E-state index contributed by atoms with van der Waals surface area (Å²) in [5.41, 5.74) is 7.45. The van der Waals surface area contributed by atoms with Crippen LogP contribution in [0.5, 0.6) is 0 Å². The molecule has 0 radical (unpaired) electrons. The number of alkyl halides is 5. The third-order valence-electron chi connectivity index (χ3n) is 7.18. The Labute approximate surface area is 234 Å². The fourth-order valence-electron chi connectivity index (χ4n) is 5.00. The Bertz CT molecular complexity index is 1310. The number of fused-ring (bicyclic) bond motifs is 1. The summed E-state index contributed by atoms with van der Waals surface area (Å²) in [6.45, 7) is 0.823. The van der Waals surface area contributed by atoms with Crippen LogP contribution in [-0.2, 0) is 14.4 Å². The molecule has 1 heterocycles. The maximum Gasteiger partial charge on any atom is 0.389 e. The lowest BCUT2D eigenvalue weighted by Crippen LogP contribution is -2.51. The Morgan fingerprint density at radius 1 is 1.02 bits per heavy atom. The minimum absolute atomic E-state index is 0.229. The standard InChI is InChI=1S/C29H31F5N4O3/c1-28(30,31)15-21(24(35)39)19(13-14-29(32,33)34)26(40)37-25-27(41)38(16-17-11-12-17)22-10-6-5-9-20(22)23(36-25)18-7-3-2-4-8-18/h2-10,17,19,21,25H,11-16H2,1H3,(H2,35,39)(H,37,40)/t19?,21-,25+/m0/s1. The van der Waals surface area contributed by atoms with Crippen LogP contribution in [0.15, 0.2) is 59.6 Å². The highest BCUT2D eigenvalue weighted by Gasteiger charge is 2.43. The molecule has 1 unspecified atom stereocenters. The number of nitrogens with one attached hydrogen (secondary N) is 1. The number of anilines is 1. The van der Waals surface area contributed by atoms with Crippen molar-refractivity contribution in [2.24, 2.45) is 28.5 Å². The second kappa shape index (κ2) is 12.0. The van der Waals surface area contributed by atoms with Gasteiger partial charge in [0.15, 0.2) is 0 Å². The van der Waals surface area contributed by atoms with Gasteiger partial charge in [0.25, 0.3) is 5.91 Å². The second-order valence-corrected chi connectivity index (χ2v) is 10.7. The molecule has 3 atom stereocenters. The largest absolute Gasteiger partial charge is 0.389 e. The molecule has 41 heavy (non-hydrogen) atoms. The highest BCUT2D eigenvalue weighted by molar-refractivity contribution is 6.20. The molecule has 0 spiro atoms. The van der Waals surface area contributed by atoms with Gasteiger partial charge in [0.05, 0.1) is 23.2 Å². The molecule has 1 fully saturated rings. The highest BCUT2D eigenvalue weighted by atomic mass is 19.4. The maximum atomic E-state index is 13.9. The molecule has 0 aromatic heterocycles. The van der Waals surface area contributed by atoms with E-state index in [9.17, 15) is 36.3 Å². The van der Waals surface area contributed by atoms with Gasteiger partial charge in [-0.1, -0.05) is 48.5 Å². The highest BCUT2D eigenvalue weighted by Crippen LogP contribution is 2.36. The van der Waals surface area contributed by atoms with Gasteiger partial charge in [0.2, 0.25) is 23.9 Å². The number of para-hydroxylation sites is 1. The zero-order valence-electron chi connectivity index (χ0n) is 22.3. The van der Waals surface area contributed by atoms with Crippen LogP contribution >= 0.6 is 0 Å². The molecule has 3 N–H and O–H groups in total. The van der Waals surface area contributed by atoms with Gasteiger partial charge in [0.1, 0.15) is 0 Å². The first-order chi connectivity index (χ1) is 19.2. The molecule has 0 saturated heterocycles. The van der Waals surface area contributed by atoms with Crippen molar-refractivity contribution in [1.82, 2.24) is 5.32 Å². The van der Waals surface area contributed by atoms with Gasteiger partial charge < -0.3 is 16.0 Å². The fraction of sp³-hybridized carbons (Fsp3) is 0.448. The SMILES string of the molecule is CC(F)(F)C[C@H](C(N)=O)C(CCC(F)(F)F)C(=O)N[C@H]1N=C(c2ccccc2)c2ccccc2N(CC2CC2)C1=O. The van der Waals surface area contributed by atoms with Crippen molar-refractivity contribution in [3.05, 3.63) is 65.7 Å². The van der Waals surface area contributed by atoms with Gasteiger partial charge in [0, 0.05) is 30.5 Å². The van der Waals surface area contributed by atoms with Crippen molar-refractivity contribution in [1.29, 1.82) is 0 Å². The molecule has 12 heteroatoms. The molecular formula is C29H31F5N4O3. The zero-order chi connectivity index (χ0) is 29.9. The smallest absolute Gasteiger partial charge is 0.369 e. The summed E-state index contributed by atoms with van der Waals surface area (Å²) in [6, 6.07) is 15.9. The molecule has 4 rings (SSSR count). The van der Waals surface area contributed by atoms with Crippen molar-refractivity contribution in [2.75, 3.05) is 11.4 Å². The molecule has 2 aliphatic rings. The first-order valence-corrected chi connectivity index (χ1v) is 13.3. The topological polar surface area (TPSA) is 105 Å². The summed E-state index contributed by atoms with van der Waals surface area (Å²) in [6.07, 6.45) is -8.22. The number of carbonyl (C=O) groups excluding carboxylic acids is 3. The van der Waals surface area contributed by atoms with Crippen LogP contribution in [0.2, 0.25) is 0 Å². The summed E-state index contributed by atoms with van der Waals surface area (Å²) in [4.78, 5) is 45.6. The van der Waals surface area contributed by atoms with Gasteiger partial charge in [-0.2, -0.15) is 13.2 Å². The molecule has 1 aliphatic carbocycles. The zero-order valence-corrected chi connectivity index (χ0v) is 22.3. The van der Waals surface area contributed by atoms with E-state index in [0.29, 0.717) is 36.0 Å². The van der Waals surface area contributed by atoms with E-state index in [4.69, 9.17) is 5.73 Å². The van der Waals surface area contributed by atoms with Crippen molar-refractivity contribution >= 4 is 29.1 Å². The summed E-state index contributed by atoms with van der Waals surface area (Å²) >= 11 is 0. The third-order valence-corrected chi connectivity index (χ3v) is 7.18. The number of primary amides is 1. The lowest BCUT2D eigenvalue weighted by Gasteiger charge is -2.29. The Morgan fingerprint density at radius 3 is 2.24 bits per heavy atom. The van der Waals surface area contributed by atoms with E-state index < -0.39 is 67.1 Å². The number of benzene rings is 2. The molecule has 0 bridgehead atoms. The quantitative estimate of drug-likeness (QED) is 0.373. The average Bonchev–Trinajstić information content (AvgIpc) is 3.73. The Balaban J connectivity index is 1.75. The normalized spacial score (nSPS) is 19.1. The van der Waals surface area contributed by atoms with E-state index in [1.807, 2.05) is 0 Å². The van der Waals surface area contributed by atoms with Crippen molar-refractivity contribution in [3.8, 4) is 0 Å². The predicted octanol–water partition coefficient (Wildman–Crippen LogP) is 4.83. The Kier molecular flexibility index (Phi) is 8.79. The lowest BCUT2D eigenvalue weighted by atomic mass is 9.83. The van der Waals surface area contributed by atoms with Gasteiger partial charge >= 0.3 is 6.18 Å².